The summed E-state index contributed by atoms with van der Waals surface area (Å²) in [6.07, 6.45) is -71.5. The van der Waals surface area contributed by atoms with Gasteiger partial charge in [-0.3, -0.25) is 10.1 Å². The molecule has 86 heavy (non-hydrogen) atoms. The molecule has 21 aliphatic heterocycles. The zero-order chi connectivity index (χ0) is 62.3. The Kier molecular flexibility index (Phi) is 22.5. The summed E-state index contributed by atoms with van der Waals surface area (Å²) in [5.74, 6) is -0.0504. The maximum absolute atomic E-state index is 11.8. The van der Waals surface area contributed by atoms with E-state index in [-0.39, 0.29) is 11.4 Å². The van der Waals surface area contributed by atoms with Crippen molar-refractivity contribution < 1.29 is 178 Å². The highest BCUT2D eigenvalue weighted by Crippen LogP contribution is 2.39. The normalized spacial score (nSPS) is 50.7. The third-order valence-electron chi connectivity index (χ3n) is 16.1. The quantitative estimate of drug-likeness (QED) is 0.0764. The van der Waals surface area contributed by atoms with Crippen molar-refractivity contribution in [3.05, 3.63) is 34.4 Å². The van der Waals surface area contributed by atoms with Gasteiger partial charge in [-0.1, -0.05) is 0 Å². The topological polar surface area (TPSA) is 586 Å². The highest BCUT2D eigenvalue weighted by Gasteiger charge is 2.59. The van der Waals surface area contributed by atoms with E-state index in [1.807, 2.05) is 0 Å². The molecule has 21 fully saturated rings. The third-order valence-corrected chi connectivity index (χ3v) is 16.1. The van der Waals surface area contributed by atoms with Crippen LogP contribution in [-0.4, -0.2) is 368 Å². The van der Waals surface area contributed by atoms with Crippen LogP contribution in [0.4, 0.5) is 5.69 Å². The number of nitro benzene ring substituents is 1. The Hall–Kier alpha value is -2.94. The number of hydrogen-bond acceptors (Lipinski definition) is 37. The maximum atomic E-state index is 11.8. The second-order valence-corrected chi connectivity index (χ2v) is 21.5. The first kappa shape index (κ1) is 67.5. The number of rotatable bonds is 10. The van der Waals surface area contributed by atoms with Gasteiger partial charge in [-0.2, -0.15) is 0 Å². The van der Waals surface area contributed by atoms with Gasteiger partial charge in [0, 0.05) is 12.1 Å². The molecule has 21 aliphatic rings. The lowest BCUT2D eigenvalue weighted by Crippen LogP contribution is -2.68. The minimum atomic E-state index is -2.27. The molecule has 38 nitrogen and oxygen atoms in total. The molecule has 14 bridgehead atoms. The van der Waals surface area contributed by atoms with Gasteiger partial charge in [0.1, 0.15) is 183 Å². The van der Waals surface area contributed by atoms with Gasteiger partial charge in [-0.05, 0) is 12.1 Å². The summed E-state index contributed by atoms with van der Waals surface area (Å²) in [5, 5.41) is 234. The smallest absolute Gasteiger partial charge is 0.269 e. The van der Waals surface area contributed by atoms with E-state index in [1.54, 1.807) is 0 Å². The van der Waals surface area contributed by atoms with Crippen LogP contribution in [0.25, 0.3) is 0 Å². The number of aliphatic hydroxyl groups excluding tert-OH is 20. The lowest BCUT2D eigenvalue weighted by Gasteiger charge is -2.50. The molecule has 0 aliphatic carbocycles. The summed E-state index contributed by atoms with van der Waals surface area (Å²) >= 11 is 0. The van der Waals surface area contributed by atoms with Crippen molar-refractivity contribution in [2.45, 2.75) is 215 Å². The minimum Gasteiger partial charge on any atom is -0.491 e. The Morgan fingerprint density at radius 1 is 0.302 bits per heavy atom. The highest BCUT2D eigenvalue weighted by molar-refractivity contribution is 5.36. The van der Waals surface area contributed by atoms with Crippen LogP contribution in [0, 0.1) is 10.1 Å². The Balaban J connectivity index is 1.02. The molecule has 20 N–H and O–H groups in total. The molecule has 21 heterocycles. The molecular formula is C48H73NO37. The second-order valence-electron chi connectivity index (χ2n) is 21.5. The van der Waals surface area contributed by atoms with E-state index in [9.17, 15) is 112 Å². The average molecular weight is 1260 g/mol. The largest absolute Gasteiger partial charge is 0.491 e. The number of hydrogen-bond donors (Lipinski definition) is 20. The van der Waals surface area contributed by atoms with Crippen LogP contribution >= 0.6 is 0 Å². The van der Waals surface area contributed by atoms with Crippen molar-refractivity contribution >= 4 is 5.69 Å². The summed E-state index contributed by atoms with van der Waals surface area (Å²) < 4.78 is 86.5. The van der Waals surface area contributed by atoms with Gasteiger partial charge in [0.15, 0.2) is 44.0 Å². The Morgan fingerprint density at radius 3 is 0.674 bits per heavy atom. The molecule has 21 saturated heterocycles. The first-order valence-corrected chi connectivity index (χ1v) is 27.2. The van der Waals surface area contributed by atoms with Gasteiger partial charge in [-0.15, -0.1) is 0 Å². The van der Waals surface area contributed by atoms with Crippen molar-refractivity contribution in [1.29, 1.82) is 0 Å². The Labute approximate surface area is 484 Å². The number of ether oxygens (including phenoxy) is 15. The lowest BCUT2D eigenvalue weighted by atomic mass is 9.95. The van der Waals surface area contributed by atoms with Crippen molar-refractivity contribution in [3.8, 4) is 5.75 Å². The van der Waals surface area contributed by atoms with Crippen molar-refractivity contribution in [2.75, 3.05) is 46.2 Å². The van der Waals surface area contributed by atoms with Crippen molar-refractivity contribution in [2.24, 2.45) is 0 Å². The van der Waals surface area contributed by atoms with Crippen LogP contribution in [0.5, 0.6) is 5.75 Å². The predicted molar refractivity (Wildman–Crippen MR) is 260 cm³/mol. The van der Waals surface area contributed by atoms with E-state index in [4.69, 9.17) is 71.1 Å². The number of aliphatic hydroxyl groups is 20. The van der Waals surface area contributed by atoms with Crippen LogP contribution < -0.4 is 4.74 Å². The lowest BCUT2D eigenvalue weighted by molar-refractivity contribution is -0.396. The molecular weight excluding hydrogens is 1180 g/mol. The zero-order valence-electron chi connectivity index (χ0n) is 44.8. The molecule has 22 rings (SSSR count). The van der Waals surface area contributed by atoms with Gasteiger partial charge in [0.25, 0.3) is 5.69 Å². The van der Waals surface area contributed by atoms with E-state index < -0.39 is 266 Å². The Bertz CT molecular complexity index is 2290. The minimum absolute atomic E-state index is 0.0504. The van der Waals surface area contributed by atoms with Gasteiger partial charge in [0.05, 0.1) is 44.6 Å². The third kappa shape index (κ3) is 13.5. The molecule has 492 valence electrons. The molecule has 1 aromatic rings. The fourth-order valence-corrected chi connectivity index (χ4v) is 11.2. The van der Waals surface area contributed by atoms with Gasteiger partial charge in [0.2, 0.25) is 0 Å². The fraction of sp³-hybridized carbons (Fsp3) is 0.875. The van der Waals surface area contributed by atoms with Crippen molar-refractivity contribution in [1.82, 2.24) is 0 Å². The van der Waals surface area contributed by atoms with Crippen LogP contribution in [0.3, 0.4) is 0 Å². The van der Waals surface area contributed by atoms with Crippen LogP contribution in [0.2, 0.25) is 0 Å². The van der Waals surface area contributed by atoms with E-state index in [2.05, 4.69) is 0 Å². The van der Waals surface area contributed by atoms with Gasteiger partial charge < -0.3 is 173 Å². The van der Waals surface area contributed by atoms with Gasteiger partial charge in [-0.25, -0.2) is 0 Å². The first-order chi connectivity index (χ1) is 41.0. The standard InChI is InChI=1S/C48H73NO37/c50-5-14-35-22(57)29(64)43(74-14)82-37-16(7-52)76-45(31(66)24(37)59)84-39-18(9-54)78-47(33(68)26(39)61)86-41-20(11-72-13-3-1-12(2-4-13)49(70)71)79-48(34(69)27(41)62)85-40-19(10-55)77-46(32(67)25(40)60)83-38-17(8-53)75-44(30(65)23(38)58)81-36-15(6-51)73-42(80-35)28(63)21(36)56/h1-4,14-48,50-69H,5-11H2/t14-,15-,16-,17-,18-,19-,20-,21-,22+,23-,24+,25-,26+,27-,28-,29+,30-,31+,32-,33+,34-,35-,36-,37-,38-,39-,40-,41-,42-,43-,44-,45-,46-,47-,48-/m1/s1. The summed E-state index contributed by atoms with van der Waals surface area (Å²) in [6, 6.07) is 4.49. The van der Waals surface area contributed by atoms with Crippen LogP contribution in [0.15, 0.2) is 24.3 Å². The van der Waals surface area contributed by atoms with E-state index in [0.29, 0.717) is 0 Å². The van der Waals surface area contributed by atoms with Crippen LogP contribution in [0.1, 0.15) is 0 Å². The average Bonchev–Trinajstić information content (AvgIpc) is 2.53. The molecule has 1 aromatic carbocycles. The molecule has 0 amide bonds. The summed E-state index contributed by atoms with van der Waals surface area (Å²) in [4.78, 5) is 10.6. The SMILES string of the molecule is O=[N+]([O-])c1ccc(OC[C@H]2O[C@@H]3O[C@H]4[C@H](O)[C@@H](O)[C@@H](O[C@H]5[C@H](O)[C@@H](O)[C@@H](O[C@H]6[C@H](O)[C@@H](O)[C@@H](O[C@H]7[C@@H](O)[C@H](O)[C@@H](O[C@H]8[C@@H](O)[C@H](O)[C@@H](O[C@H]9[C@@H](O)[C@H](O)[C@@H](O[C@H]2[C@H](O)[C@H]3O)O[C@@H]9CO)O[C@@H]8CO)O[C@@H]7CO)O[C@@H]6CO)O[C@@H]5CO)O[C@@H]4CO)cc1. The molecule has 0 unspecified atom stereocenters. The van der Waals surface area contributed by atoms with Gasteiger partial charge >= 0.3 is 0 Å². The predicted octanol–water partition coefficient (Wildman–Crippen LogP) is -13.2. The Morgan fingerprint density at radius 2 is 0.488 bits per heavy atom. The number of nitro groups is 1. The summed E-state index contributed by atoms with van der Waals surface area (Å²) in [6.45, 7) is -7.17. The number of nitrogens with zero attached hydrogens (tertiary/aromatic N) is 1. The summed E-state index contributed by atoms with van der Waals surface area (Å²) in [5.41, 5.74) is -0.341. The molecule has 0 saturated carbocycles. The monoisotopic (exact) mass is 1260 g/mol. The second kappa shape index (κ2) is 28.7. The zero-order valence-corrected chi connectivity index (χ0v) is 44.8. The van der Waals surface area contributed by atoms with E-state index in [0.717, 1.165) is 12.1 Å². The molecule has 35 atom stereocenters. The first-order valence-electron chi connectivity index (χ1n) is 27.2. The highest BCUT2D eigenvalue weighted by atomic mass is 16.8. The molecule has 0 spiro atoms. The van der Waals surface area contributed by atoms with E-state index in [1.165, 1.54) is 12.1 Å². The van der Waals surface area contributed by atoms with Crippen molar-refractivity contribution in [3.63, 3.8) is 0 Å². The fourth-order valence-electron chi connectivity index (χ4n) is 11.2. The number of benzene rings is 1. The molecule has 0 radical (unpaired) electrons. The van der Waals surface area contributed by atoms with E-state index >= 15 is 0 Å². The van der Waals surface area contributed by atoms with Crippen LogP contribution in [-0.2, 0) is 66.3 Å². The summed E-state index contributed by atoms with van der Waals surface area (Å²) in [7, 11) is 0. The molecule has 0 aromatic heterocycles. The molecule has 38 heteroatoms. The number of non-ortho nitro benzene ring substituents is 1. The maximum Gasteiger partial charge on any atom is 0.269 e.